The lowest BCUT2D eigenvalue weighted by Crippen LogP contribution is -2.24. The van der Waals surface area contributed by atoms with E-state index in [0.29, 0.717) is 18.9 Å². The zero-order chi connectivity index (χ0) is 13.4. The quantitative estimate of drug-likeness (QED) is 0.881. The van der Waals surface area contributed by atoms with Gasteiger partial charge in [-0.15, -0.1) is 5.10 Å². The summed E-state index contributed by atoms with van der Waals surface area (Å²) in [5.74, 6) is 0.407. The molecule has 0 radical (unpaired) electrons. The Hall–Kier alpha value is -2.37. The van der Waals surface area contributed by atoms with Crippen LogP contribution in [-0.4, -0.2) is 22.6 Å². The number of hydrogen-bond donors (Lipinski definition) is 1. The number of aromatic nitrogens is 2. The average molecular weight is 258 g/mol. The van der Waals surface area contributed by atoms with E-state index in [9.17, 15) is 4.79 Å². The molecule has 6 heteroatoms. The Morgan fingerprint density at radius 2 is 2.05 bits per heavy atom. The molecule has 6 nitrogen and oxygen atoms in total. The van der Waals surface area contributed by atoms with Crippen molar-refractivity contribution in [2.24, 2.45) is 0 Å². The van der Waals surface area contributed by atoms with E-state index in [4.69, 9.17) is 10.2 Å². The molecular weight excluding hydrogens is 244 g/mol. The highest BCUT2D eigenvalue weighted by molar-refractivity contribution is 5.96. The van der Waals surface area contributed by atoms with Crippen LogP contribution in [0.3, 0.4) is 0 Å². The second kappa shape index (κ2) is 4.38. The molecule has 1 aromatic heterocycles. The summed E-state index contributed by atoms with van der Waals surface area (Å²) in [6, 6.07) is 7.90. The van der Waals surface area contributed by atoms with Crippen molar-refractivity contribution < 1.29 is 9.21 Å². The van der Waals surface area contributed by atoms with Gasteiger partial charge in [-0.2, -0.15) is 0 Å². The maximum absolute atomic E-state index is 12.1. The van der Waals surface area contributed by atoms with Crippen LogP contribution in [0.4, 0.5) is 11.7 Å². The van der Waals surface area contributed by atoms with Crippen molar-refractivity contribution in [3.8, 4) is 0 Å². The Morgan fingerprint density at radius 3 is 2.68 bits per heavy atom. The zero-order valence-corrected chi connectivity index (χ0v) is 10.5. The highest BCUT2D eigenvalue weighted by Gasteiger charge is 2.34. The van der Waals surface area contributed by atoms with Crippen LogP contribution in [0.1, 0.15) is 23.8 Å². The van der Waals surface area contributed by atoms with Crippen molar-refractivity contribution >= 4 is 17.6 Å². The predicted octanol–water partition coefficient (Wildman–Crippen LogP) is 1.48. The predicted molar refractivity (Wildman–Crippen MR) is 69.6 cm³/mol. The van der Waals surface area contributed by atoms with Gasteiger partial charge < -0.3 is 15.1 Å². The third-order valence-corrected chi connectivity index (χ3v) is 3.28. The fraction of sp³-hybridized carbons (Fsp3) is 0.308. The van der Waals surface area contributed by atoms with Gasteiger partial charge in [-0.3, -0.25) is 4.79 Å². The van der Waals surface area contributed by atoms with E-state index in [1.807, 2.05) is 31.2 Å². The Kier molecular flexibility index (Phi) is 2.70. The molecule has 2 heterocycles. The van der Waals surface area contributed by atoms with Crippen LogP contribution in [0.15, 0.2) is 28.7 Å². The standard InChI is InChI=1S/C13H14N4O2/c1-8-2-4-10(5-3-8)17-7-9(6-11(17)18)12-15-16-13(14)19-12/h2-5,9H,6-7H2,1H3,(H2,14,16). The summed E-state index contributed by atoms with van der Waals surface area (Å²) in [5, 5.41) is 7.48. The molecule has 1 aromatic carbocycles. The smallest absolute Gasteiger partial charge is 0.312 e. The average Bonchev–Trinajstić information content (AvgIpc) is 2.97. The molecule has 1 atom stereocenters. The van der Waals surface area contributed by atoms with E-state index in [0.717, 1.165) is 11.3 Å². The maximum Gasteiger partial charge on any atom is 0.312 e. The van der Waals surface area contributed by atoms with E-state index >= 15 is 0 Å². The van der Waals surface area contributed by atoms with Crippen LogP contribution in [0, 0.1) is 6.92 Å². The lowest BCUT2D eigenvalue weighted by molar-refractivity contribution is -0.117. The van der Waals surface area contributed by atoms with Crippen molar-refractivity contribution in [1.29, 1.82) is 0 Å². The van der Waals surface area contributed by atoms with E-state index in [1.165, 1.54) is 0 Å². The highest BCUT2D eigenvalue weighted by atomic mass is 16.4. The summed E-state index contributed by atoms with van der Waals surface area (Å²) in [6.07, 6.45) is 0.371. The van der Waals surface area contributed by atoms with E-state index < -0.39 is 0 Å². The minimum atomic E-state index is -0.0846. The second-order valence-electron chi connectivity index (χ2n) is 4.72. The number of amides is 1. The van der Waals surface area contributed by atoms with Gasteiger partial charge in [-0.05, 0) is 19.1 Å². The van der Waals surface area contributed by atoms with Crippen molar-refractivity contribution in [3.05, 3.63) is 35.7 Å². The number of anilines is 2. The second-order valence-corrected chi connectivity index (χ2v) is 4.72. The maximum atomic E-state index is 12.1. The number of rotatable bonds is 2. The number of hydrogen-bond acceptors (Lipinski definition) is 5. The minimum absolute atomic E-state index is 0.0382. The molecule has 1 unspecified atom stereocenters. The van der Waals surface area contributed by atoms with Gasteiger partial charge in [-0.1, -0.05) is 22.8 Å². The normalized spacial score (nSPS) is 19.1. The van der Waals surface area contributed by atoms with E-state index in [2.05, 4.69) is 10.2 Å². The van der Waals surface area contributed by atoms with Crippen LogP contribution in [0.5, 0.6) is 0 Å². The molecule has 1 aliphatic rings. The van der Waals surface area contributed by atoms with Gasteiger partial charge in [0.05, 0.1) is 5.92 Å². The molecule has 19 heavy (non-hydrogen) atoms. The summed E-state index contributed by atoms with van der Waals surface area (Å²) in [4.78, 5) is 13.8. The van der Waals surface area contributed by atoms with Crippen LogP contribution >= 0.6 is 0 Å². The van der Waals surface area contributed by atoms with Crippen LogP contribution in [0.2, 0.25) is 0 Å². The van der Waals surface area contributed by atoms with Crippen molar-refractivity contribution in [2.45, 2.75) is 19.3 Å². The topological polar surface area (TPSA) is 85.2 Å². The van der Waals surface area contributed by atoms with Gasteiger partial charge in [0.1, 0.15) is 0 Å². The fourth-order valence-electron chi connectivity index (χ4n) is 2.26. The molecule has 1 amide bonds. The molecular formula is C13H14N4O2. The number of nitrogens with zero attached hydrogens (tertiary/aromatic N) is 3. The first-order chi connectivity index (χ1) is 9.13. The van der Waals surface area contributed by atoms with Crippen LogP contribution in [-0.2, 0) is 4.79 Å². The Balaban J connectivity index is 1.82. The summed E-state index contributed by atoms with van der Waals surface area (Å²) in [5.41, 5.74) is 7.46. The van der Waals surface area contributed by atoms with E-state index in [-0.39, 0.29) is 17.8 Å². The molecule has 3 rings (SSSR count). The molecule has 1 saturated heterocycles. The fourth-order valence-corrected chi connectivity index (χ4v) is 2.26. The first-order valence-corrected chi connectivity index (χ1v) is 6.09. The number of carbonyl (C=O) groups is 1. The van der Waals surface area contributed by atoms with Gasteiger partial charge in [0.2, 0.25) is 11.8 Å². The summed E-state index contributed by atoms with van der Waals surface area (Å²) < 4.78 is 5.20. The molecule has 0 bridgehead atoms. The van der Waals surface area contributed by atoms with Gasteiger partial charge in [0, 0.05) is 18.7 Å². The molecule has 0 aliphatic carbocycles. The molecule has 98 valence electrons. The molecule has 2 aromatic rings. The Morgan fingerprint density at radius 1 is 1.32 bits per heavy atom. The first-order valence-electron chi connectivity index (χ1n) is 6.09. The summed E-state index contributed by atoms with van der Waals surface area (Å²) >= 11 is 0. The molecule has 0 saturated carbocycles. The SMILES string of the molecule is Cc1ccc(N2CC(c3nnc(N)o3)CC2=O)cc1. The number of nitrogens with two attached hydrogens (primary N) is 1. The lowest BCUT2D eigenvalue weighted by Gasteiger charge is -2.16. The lowest BCUT2D eigenvalue weighted by atomic mass is 10.1. The zero-order valence-electron chi connectivity index (χ0n) is 10.5. The van der Waals surface area contributed by atoms with Gasteiger partial charge in [0.25, 0.3) is 0 Å². The largest absolute Gasteiger partial charge is 0.408 e. The van der Waals surface area contributed by atoms with Crippen molar-refractivity contribution in [3.63, 3.8) is 0 Å². The Labute approximate surface area is 110 Å². The van der Waals surface area contributed by atoms with Crippen LogP contribution < -0.4 is 10.6 Å². The van der Waals surface area contributed by atoms with Gasteiger partial charge in [-0.25, -0.2) is 0 Å². The summed E-state index contributed by atoms with van der Waals surface area (Å²) in [7, 11) is 0. The molecule has 0 spiro atoms. The summed E-state index contributed by atoms with van der Waals surface area (Å²) in [6.45, 7) is 2.56. The highest BCUT2D eigenvalue weighted by Crippen LogP contribution is 2.31. The van der Waals surface area contributed by atoms with Crippen molar-refractivity contribution in [1.82, 2.24) is 10.2 Å². The number of nitrogen functional groups attached to an aromatic ring is 1. The van der Waals surface area contributed by atoms with E-state index in [1.54, 1.807) is 4.90 Å². The number of carbonyl (C=O) groups excluding carboxylic acids is 1. The molecule has 2 N–H and O–H groups in total. The van der Waals surface area contributed by atoms with Gasteiger partial charge in [0.15, 0.2) is 0 Å². The Bertz CT molecular complexity index is 605. The number of benzene rings is 1. The third kappa shape index (κ3) is 2.16. The molecule has 1 fully saturated rings. The number of aryl methyl sites for hydroxylation is 1. The minimum Gasteiger partial charge on any atom is -0.408 e. The van der Waals surface area contributed by atoms with Gasteiger partial charge >= 0.3 is 6.01 Å². The molecule has 1 aliphatic heterocycles. The third-order valence-electron chi connectivity index (χ3n) is 3.28. The monoisotopic (exact) mass is 258 g/mol. The first kappa shape index (κ1) is 11.7. The van der Waals surface area contributed by atoms with Crippen molar-refractivity contribution in [2.75, 3.05) is 17.2 Å². The van der Waals surface area contributed by atoms with Crippen LogP contribution in [0.25, 0.3) is 0 Å².